The van der Waals surface area contributed by atoms with Crippen LogP contribution in [0, 0.1) is 5.92 Å². The number of likely N-dealkylation sites (N-methyl/N-ethyl adjacent to an activating group) is 1. The number of amides is 1. The lowest BCUT2D eigenvalue weighted by Gasteiger charge is -2.42. The van der Waals surface area contributed by atoms with E-state index in [1.807, 2.05) is 84.7 Å². The number of benzene rings is 4. The van der Waals surface area contributed by atoms with Crippen molar-refractivity contribution in [2.45, 2.75) is 48.5 Å². The maximum Gasteiger partial charge on any atom is 0.272 e. The Kier molecular flexibility index (Phi) is 12.1. The molecule has 8 nitrogen and oxygen atoms in total. The third-order valence-electron chi connectivity index (χ3n) is 8.48. The number of alkyl halides is 3. The Morgan fingerprint density at radius 3 is 2.27 bits per heavy atom. The van der Waals surface area contributed by atoms with E-state index in [4.69, 9.17) is 44.3 Å². The Hall–Kier alpha value is -3.18. The molecular weight excluding hydrogens is 675 g/mol. The Morgan fingerprint density at radius 2 is 1.58 bits per heavy atom. The summed E-state index contributed by atoms with van der Waals surface area (Å²) in [4.78, 5) is 14.1. The highest BCUT2D eigenvalue weighted by molar-refractivity contribution is 6.76. The fourth-order valence-corrected chi connectivity index (χ4v) is 6.05. The minimum absolute atomic E-state index is 0.0463. The topological polar surface area (TPSA) is 111 Å². The standard InChI is InChI=1S/C37H39Cl3N2O6/c1-23-33(21-42(2)20-32(45)29-9-5-11-31(44)18-29)47-35(48-34(23)26-14-12-24(22-43)13-15-26)30-10-4-8-28(17-30)27-7-3-6-25(16-27)19-41-36(46)37(38,39)40/h3-18,23,32-35,43-45H,19-22H2,1-2H3,(H,41,46)/t23-,32+,33+,34+,35+/m0/s1. The zero-order valence-corrected chi connectivity index (χ0v) is 28.9. The minimum atomic E-state index is -2.04. The maximum atomic E-state index is 12.0. The summed E-state index contributed by atoms with van der Waals surface area (Å²) in [7, 11) is 1.93. The Labute approximate surface area is 295 Å². The molecule has 1 heterocycles. The number of ether oxygens (including phenoxy) is 2. The van der Waals surface area contributed by atoms with Crippen molar-refractivity contribution >= 4 is 40.7 Å². The summed E-state index contributed by atoms with van der Waals surface area (Å²) >= 11 is 17.1. The van der Waals surface area contributed by atoms with E-state index in [9.17, 15) is 20.1 Å². The quantitative estimate of drug-likeness (QED) is 0.124. The summed E-state index contributed by atoms with van der Waals surface area (Å²) in [5, 5.41) is 33.0. The molecule has 4 N–H and O–H groups in total. The number of carbonyl (C=O) groups is 1. The number of aliphatic hydroxyl groups excluding tert-OH is 2. The SMILES string of the molecule is C[C@H]1[C@@H](CN(C)C[C@@H](O)c2cccc(O)c2)O[C@@H](c2cccc(-c3cccc(CNC(=O)C(Cl)(Cl)Cl)c3)c2)O[C@H]1c1ccc(CO)cc1. The fraction of sp³-hybridized carbons (Fsp3) is 0.324. The molecule has 0 bridgehead atoms. The first-order valence-corrected chi connectivity index (χ1v) is 16.7. The molecule has 4 aromatic rings. The van der Waals surface area contributed by atoms with Crippen molar-refractivity contribution < 1.29 is 29.6 Å². The predicted molar refractivity (Wildman–Crippen MR) is 188 cm³/mol. The zero-order chi connectivity index (χ0) is 34.4. The van der Waals surface area contributed by atoms with E-state index in [2.05, 4.69) is 12.2 Å². The number of phenolic OH excluding ortho intramolecular Hbond substituents is 1. The van der Waals surface area contributed by atoms with Crippen LogP contribution in [0.2, 0.25) is 0 Å². The Balaban J connectivity index is 1.37. The maximum absolute atomic E-state index is 12.0. The van der Waals surface area contributed by atoms with E-state index >= 15 is 0 Å². The molecule has 5 rings (SSSR count). The smallest absolute Gasteiger partial charge is 0.272 e. The van der Waals surface area contributed by atoms with Crippen molar-refractivity contribution in [1.82, 2.24) is 10.2 Å². The van der Waals surface area contributed by atoms with Gasteiger partial charge in [-0.3, -0.25) is 4.79 Å². The van der Waals surface area contributed by atoms with Crippen LogP contribution in [0.15, 0.2) is 97.1 Å². The number of rotatable bonds is 11. The molecule has 1 aliphatic heterocycles. The summed E-state index contributed by atoms with van der Waals surface area (Å²) in [5.74, 6) is -0.644. The van der Waals surface area contributed by atoms with Crippen molar-refractivity contribution in [2.75, 3.05) is 20.1 Å². The molecule has 1 saturated heterocycles. The van der Waals surface area contributed by atoms with Crippen molar-refractivity contribution in [3.05, 3.63) is 125 Å². The molecular formula is C37H39Cl3N2O6. The lowest BCUT2D eigenvalue weighted by Crippen LogP contribution is -2.44. The second-order valence-electron chi connectivity index (χ2n) is 12.2. The van der Waals surface area contributed by atoms with Gasteiger partial charge >= 0.3 is 0 Å². The lowest BCUT2D eigenvalue weighted by molar-refractivity contribution is -0.276. The highest BCUT2D eigenvalue weighted by Gasteiger charge is 2.39. The summed E-state index contributed by atoms with van der Waals surface area (Å²) in [6, 6.07) is 30.0. The largest absolute Gasteiger partial charge is 0.508 e. The van der Waals surface area contributed by atoms with Crippen LogP contribution < -0.4 is 5.32 Å². The average molecular weight is 714 g/mol. The van der Waals surface area contributed by atoms with Crippen molar-refractivity contribution in [2.24, 2.45) is 5.92 Å². The summed E-state index contributed by atoms with van der Waals surface area (Å²) < 4.78 is 11.3. The van der Waals surface area contributed by atoms with Gasteiger partial charge in [0.2, 0.25) is 0 Å². The van der Waals surface area contributed by atoms with E-state index in [1.165, 1.54) is 0 Å². The van der Waals surface area contributed by atoms with Crippen molar-refractivity contribution in [3.63, 3.8) is 0 Å². The van der Waals surface area contributed by atoms with E-state index in [0.717, 1.165) is 33.4 Å². The van der Waals surface area contributed by atoms with Gasteiger partial charge < -0.3 is 35.0 Å². The molecule has 0 spiro atoms. The highest BCUT2D eigenvalue weighted by Crippen LogP contribution is 2.42. The third-order valence-corrected chi connectivity index (χ3v) is 9.00. The number of hydrogen-bond donors (Lipinski definition) is 4. The van der Waals surface area contributed by atoms with Gasteiger partial charge in [0.1, 0.15) is 5.75 Å². The summed E-state index contributed by atoms with van der Waals surface area (Å²) in [6.07, 6.45) is -2.05. The van der Waals surface area contributed by atoms with Crippen LogP contribution in [0.5, 0.6) is 5.75 Å². The van der Waals surface area contributed by atoms with Gasteiger partial charge in [-0.2, -0.15) is 0 Å². The predicted octanol–water partition coefficient (Wildman–Crippen LogP) is 6.99. The van der Waals surface area contributed by atoms with E-state index < -0.39 is 22.1 Å². The Morgan fingerprint density at radius 1 is 0.896 bits per heavy atom. The Bertz CT molecular complexity index is 1680. The monoisotopic (exact) mass is 712 g/mol. The van der Waals surface area contributed by atoms with Gasteiger partial charge in [-0.15, -0.1) is 0 Å². The first-order chi connectivity index (χ1) is 22.9. The van der Waals surface area contributed by atoms with Crippen molar-refractivity contribution in [1.29, 1.82) is 0 Å². The first kappa shape index (κ1) is 36.1. The molecule has 1 fully saturated rings. The first-order valence-electron chi connectivity index (χ1n) is 15.6. The van der Waals surface area contributed by atoms with Crippen LogP contribution in [-0.4, -0.2) is 56.2 Å². The van der Waals surface area contributed by atoms with Crippen LogP contribution >= 0.6 is 34.8 Å². The second kappa shape index (κ2) is 16.0. The number of carbonyl (C=O) groups excluding carboxylic acids is 1. The van der Waals surface area contributed by atoms with Crippen molar-refractivity contribution in [3.8, 4) is 16.9 Å². The fourth-order valence-electron chi connectivity index (χ4n) is 5.85. The molecule has 0 aliphatic carbocycles. The summed E-state index contributed by atoms with van der Waals surface area (Å²) in [6.45, 7) is 3.10. The van der Waals surface area contributed by atoms with Gasteiger partial charge in [0.05, 0.1) is 24.9 Å². The van der Waals surface area contributed by atoms with Gasteiger partial charge in [0.15, 0.2) is 6.29 Å². The van der Waals surface area contributed by atoms with E-state index in [0.29, 0.717) is 18.7 Å². The molecule has 0 unspecified atom stereocenters. The number of hydrogen-bond acceptors (Lipinski definition) is 7. The molecule has 5 atom stereocenters. The molecule has 1 aliphatic rings. The van der Waals surface area contributed by atoms with Gasteiger partial charge in [-0.1, -0.05) is 115 Å². The van der Waals surface area contributed by atoms with Crippen LogP contribution in [0.3, 0.4) is 0 Å². The van der Waals surface area contributed by atoms with Gasteiger partial charge in [-0.05, 0) is 64.7 Å². The summed E-state index contributed by atoms with van der Waals surface area (Å²) in [5.41, 5.74) is 5.95. The molecule has 4 aromatic carbocycles. The average Bonchev–Trinajstić information content (AvgIpc) is 3.08. The molecule has 48 heavy (non-hydrogen) atoms. The normalized spacial score (nSPS) is 20.4. The second-order valence-corrected chi connectivity index (χ2v) is 14.4. The van der Waals surface area contributed by atoms with Crippen LogP contribution in [0.25, 0.3) is 11.1 Å². The van der Waals surface area contributed by atoms with Gasteiger partial charge in [-0.25, -0.2) is 0 Å². The van der Waals surface area contributed by atoms with Gasteiger partial charge in [0, 0.05) is 31.1 Å². The number of aromatic hydroxyl groups is 1. The molecule has 0 radical (unpaired) electrons. The number of nitrogens with one attached hydrogen (secondary N) is 1. The number of aliphatic hydroxyl groups is 2. The number of nitrogens with zero attached hydrogens (tertiary/aromatic N) is 1. The highest BCUT2D eigenvalue weighted by atomic mass is 35.6. The molecule has 11 heteroatoms. The lowest BCUT2D eigenvalue weighted by atomic mass is 9.89. The van der Waals surface area contributed by atoms with Crippen LogP contribution in [0.1, 0.15) is 53.2 Å². The van der Waals surface area contributed by atoms with Crippen LogP contribution in [-0.2, 0) is 27.4 Å². The van der Waals surface area contributed by atoms with Gasteiger partial charge in [0.25, 0.3) is 9.70 Å². The molecule has 0 aromatic heterocycles. The molecule has 254 valence electrons. The molecule has 0 saturated carbocycles. The van der Waals surface area contributed by atoms with Crippen LogP contribution in [0.4, 0.5) is 0 Å². The zero-order valence-electron chi connectivity index (χ0n) is 26.6. The van der Waals surface area contributed by atoms with E-state index in [-0.39, 0.29) is 37.0 Å². The van der Waals surface area contributed by atoms with E-state index in [1.54, 1.807) is 24.3 Å². The third kappa shape index (κ3) is 9.28. The number of phenols is 1. The molecule has 1 amide bonds. The minimum Gasteiger partial charge on any atom is -0.508 e. The number of halogens is 3.